The van der Waals surface area contributed by atoms with E-state index in [2.05, 4.69) is 10.0 Å². The molecule has 1 aromatic heterocycles. The van der Waals surface area contributed by atoms with Crippen molar-refractivity contribution >= 4 is 22.2 Å². The number of rotatable bonds is 10. The summed E-state index contributed by atoms with van der Waals surface area (Å²) in [6.07, 6.45) is -0.696. The second-order valence-electron chi connectivity index (χ2n) is 6.81. The summed E-state index contributed by atoms with van der Waals surface area (Å²) in [5.74, 6) is 1.65. The van der Waals surface area contributed by atoms with Crippen molar-refractivity contribution in [3.63, 3.8) is 0 Å². The number of nitrogens with one attached hydrogen (secondary N) is 2. The first-order chi connectivity index (χ1) is 13.9. The highest BCUT2D eigenvalue weighted by molar-refractivity contribution is 7.77. The molecular formula is C21H25N2O5S-. The largest absolute Gasteiger partial charge is 0.760 e. The molecular weight excluding hydrogens is 392 g/mol. The molecule has 0 radical (unpaired) electrons. The van der Waals surface area contributed by atoms with Crippen molar-refractivity contribution in [2.75, 3.05) is 19.7 Å². The number of aryl methyl sites for hydroxylation is 2. The molecule has 1 heterocycles. The van der Waals surface area contributed by atoms with Gasteiger partial charge in [-0.2, -0.15) is 0 Å². The molecule has 29 heavy (non-hydrogen) atoms. The van der Waals surface area contributed by atoms with Gasteiger partial charge in [0.1, 0.15) is 23.7 Å². The van der Waals surface area contributed by atoms with Gasteiger partial charge in [-0.1, -0.05) is 24.3 Å². The molecule has 0 aliphatic heterocycles. The van der Waals surface area contributed by atoms with E-state index in [4.69, 9.17) is 9.15 Å². The summed E-state index contributed by atoms with van der Waals surface area (Å²) >= 11 is -2.31. The summed E-state index contributed by atoms with van der Waals surface area (Å²) in [6, 6.07) is 13.0. The topological polar surface area (TPSA) is 107 Å². The zero-order valence-electron chi connectivity index (χ0n) is 16.4. The third-order valence-corrected chi connectivity index (χ3v) is 5.14. The Morgan fingerprint density at radius 2 is 2.07 bits per heavy atom. The van der Waals surface area contributed by atoms with Crippen LogP contribution in [0.4, 0.5) is 0 Å². The number of benzene rings is 2. The molecule has 7 nitrogen and oxygen atoms in total. The Kier molecular flexibility index (Phi) is 7.40. The number of fused-ring (bicyclic) bond motifs is 1. The van der Waals surface area contributed by atoms with Crippen molar-refractivity contribution in [3.8, 4) is 5.75 Å². The lowest BCUT2D eigenvalue weighted by atomic mass is 10.1. The Hall–Kier alpha value is -2.23. The van der Waals surface area contributed by atoms with Crippen molar-refractivity contribution in [2.45, 2.75) is 26.5 Å². The minimum absolute atomic E-state index is 0.191. The quantitative estimate of drug-likeness (QED) is 0.346. The van der Waals surface area contributed by atoms with Crippen molar-refractivity contribution in [1.82, 2.24) is 10.0 Å². The van der Waals surface area contributed by atoms with Crippen LogP contribution in [0.5, 0.6) is 5.75 Å². The van der Waals surface area contributed by atoms with Crippen LogP contribution in [0.2, 0.25) is 0 Å². The van der Waals surface area contributed by atoms with Crippen LogP contribution in [-0.4, -0.2) is 33.6 Å². The van der Waals surface area contributed by atoms with E-state index in [9.17, 15) is 13.9 Å². The molecule has 0 saturated carbocycles. The summed E-state index contributed by atoms with van der Waals surface area (Å²) in [4.78, 5) is 0. The highest BCUT2D eigenvalue weighted by Crippen LogP contribution is 2.28. The molecule has 8 heteroatoms. The average molecular weight is 418 g/mol. The highest BCUT2D eigenvalue weighted by Gasteiger charge is 2.09. The Labute approximate surface area is 172 Å². The van der Waals surface area contributed by atoms with Crippen LogP contribution in [0.1, 0.15) is 28.6 Å². The molecule has 2 atom stereocenters. The molecule has 156 valence electrons. The van der Waals surface area contributed by atoms with E-state index in [1.54, 1.807) is 18.2 Å². The fraction of sp³-hybridized carbons (Fsp3) is 0.333. The molecule has 0 bridgehead atoms. The van der Waals surface area contributed by atoms with E-state index < -0.39 is 17.4 Å². The Bertz CT molecular complexity index is 988. The summed E-state index contributed by atoms with van der Waals surface area (Å²) in [5, 5.41) is 14.6. The third kappa shape index (κ3) is 5.88. The highest BCUT2D eigenvalue weighted by atomic mass is 32.2. The molecule has 3 N–H and O–H groups in total. The maximum atomic E-state index is 10.6. The fourth-order valence-corrected chi connectivity index (χ4v) is 3.35. The molecule has 2 unspecified atom stereocenters. The molecule has 0 aliphatic rings. The average Bonchev–Trinajstić information content (AvgIpc) is 2.99. The minimum Gasteiger partial charge on any atom is -0.760 e. The number of aliphatic hydroxyl groups is 1. The summed E-state index contributed by atoms with van der Waals surface area (Å²) in [6.45, 7) is 5.56. The van der Waals surface area contributed by atoms with Crippen molar-refractivity contribution in [3.05, 3.63) is 64.9 Å². The van der Waals surface area contributed by atoms with Crippen LogP contribution in [0.15, 0.2) is 46.9 Å². The number of hydrogen-bond acceptors (Lipinski definition) is 6. The Morgan fingerprint density at radius 3 is 2.86 bits per heavy atom. The van der Waals surface area contributed by atoms with Crippen molar-refractivity contribution in [1.29, 1.82) is 0 Å². The van der Waals surface area contributed by atoms with Gasteiger partial charge in [0.2, 0.25) is 0 Å². The number of furan rings is 1. The zero-order valence-corrected chi connectivity index (χ0v) is 17.3. The molecule has 0 aliphatic carbocycles. The SMILES string of the molecule is Cc1oc2cc(OCCNCC(O)c3cccc(CNS(=O)[O-])c3)ccc2c1C. The molecule has 3 rings (SSSR count). The van der Waals surface area contributed by atoms with Gasteiger partial charge in [-0.3, -0.25) is 4.21 Å². The second-order valence-corrected chi connectivity index (χ2v) is 7.57. The van der Waals surface area contributed by atoms with Gasteiger partial charge >= 0.3 is 0 Å². The van der Waals surface area contributed by atoms with Crippen LogP contribution in [0, 0.1) is 13.8 Å². The van der Waals surface area contributed by atoms with E-state index in [1.165, 1.54) is 0 Å². The van der Waals surface area contributed by atoms with Gasteiger partial charge in [0.05, 0.1) is 6.10 Å². The zero-order chi connectivity index (χ0) is 20.8. The molecule has 0 fully saturated rings. The van der Waals surface area contributed by atoms with Gasteiger partial charge in [0.15, 0.2) is 0 Å². The van der Waals surface area contributed by atoms with E-state index in [1.807, 2.05) is 38.1 Å². The summed E-state index contributed by atoms with van der Waals surface area (Å²) < 4.78 is 35.0. The van der Waals surface area contributed by atoms with E-state index in [0.29, 0.717) is 19.7 Å². The van der Waals surface area contributed by atoms with Gasteiger partial charge in [-0.05, 0) is 42.7 Å². The normalized spacial score (nSPS) is 13.5. The van der Waals surface area contributed by atoms with Gasteiger partial charge in [0, 0.05) is 42.4 Å². The lowest BCUT2D eigenvalue weighted by Crippen LogP contribution is -2.26. The maximum absolute atomic E-state index is 10.6. The van der Waals surface area contributed by atoms with E-state index >= 15 is 0 Å². The smallest absolute Gasteiger partial charge is 0.138 e. The summed E-state index contributed by atoms with van der Waals surface area (Å²) in [7, 11) is 0. The lowest BCUT2D eigenvalue weighted by molar-refractivity contribution is 0.172. The second kappa shape index (κ2) is 10.00. The van der Waals surface area contributed by atoms with E-state index in [0.717, 1.165) is 39.2 Å². The van der Waals surface area contributed by atoms with Crippen LogP contribution < -0.4 is 14.8 Å². The number of hydrogen-bond donors (Lipinski definition) is 3. The maximum Gasteiger partial charge on any atom is 0.138 e. The fourth-order valence-electron chi connectivity index (χ4n) is 3.07. The first-order valence-electron chi connectivity index (χ1n) is 9.37. The molecule has 3 aromatic rings. The van der Waals surface area contributed by atoms with Gasteiger partial charge in [0.25, 0.3) is 0 Å². The predicted molar refractivity (Wildman–Crippen MR) is 111 cm³/mol. The van der Waals surface area contributed by atoms with E-state index in [-0.39, 0.29) is 6.54 Å². The first-order valence-corrected chi connectivity index (χ1v) is 10.4. The summed E-state index contributed by atoms with van der Waals surface area (Å²) in [5.41, 5.74) is 3.47. The van der Waals surface area contributed by atoms with Gasteiger partial charge < -0.3 is 24.1 Å². The Morgan fingerprint density at radius 1 is 1.24 bits per heavy atom. The van der Waals surface area contributed by atoms with Crippen molar-refractivity contribution < 1.29 is 23.0 Å². The van der Waals surface area contributed by atoms with Crippen LogP contribution >= 0.6 is 0 Å². The molecule has 0 amide bonds. The number of aliphatic hydroxyl groups excluding tert-OH is 1. The predicted octanol–water partition coefficient (Wildman–Crippen LogP) is 2.64. The monoisotopic (exact) mass is 417 g/mol. The standard InChI is InChI=1S/C21H26N2O5S/c1-14-15(2)28-21-11-18(6-7-19(14)21)27-9-8-22-13-20(24)17-5-3-4-16(10-17)12-23-29(25)26/h3-7,10-11,20,22-24H,8-9,12-13H2,1-2H3,(H,25,26)/p-1. The van der Waals surface area contributed by atoms with Crippen LogP contribution in [0.3, 0.4) is 0 Å². The molecule has 2 aromatic carbocycles. The molecule has 0 spiro atoms. The van der Waals surface area contributed by atoms with Crippen LogP contribution in [-0.2, 0) is 17.8 Å². The van der Waals surface area contributed by atoms with Gasteiger partial charge in [-0.25, -0.2) is 4.72 Å². The third-order valence-electron chi connectivity index (χ3n) is 4.76. The van der Waals surface area contributed by atoms with Crippen molar-refractivity contribution in [2.24, 2.45) is 0 Å². The minimum atomic E-state index is -2.31. The van der Waals surface area contributed by atoms with Crippen LogP contribution in [0.25, 0.3) is 11.0 Å². The van der Waals surface area contributed by atoms with Gasteiger partial charge in [-0.15, -0.1) is 0 Å². The lowest BCUT2D eigenvalue weighted by Gasteiger charge is -2.14. The molecule has 0 saturated heterocycles. The Balaban J connectivity index is 1.43. The number of ether oxygens (including phenoxy) is 1. The first kappa shape index (κ1) is 21.5.